The minimum atomic E-state index is -1.00. The molecule has 3 aromatic rings. The zero-order chi connectivity index (χ0) is 31.5. The summed E-state index contributed by atoms with van der Waals surface area (Å²) in [6.07, 6.45) is 2.83. The number of benzene rings is 3. The minimum Gasteiger partial charge on any atom is -0.507 e. The van der Waals surface area contributed by atoms with Crippen LogP contribution < -0.4 is 4.90 Å². The molecule has 0 saturated carbocycles. The van der Waals surface area contributed by atoms with E-state index in [0.717, 1.165) is 33.2 Å². The molecule has 1 aliphatic carbocycles. The van der Waals surface area contributed by atoms with E-state index in [0.29, 0.717) is 24.0 Å². The van der Waals surface area contributed by atoms with Gasteiger partial charge in [-0.2, -0.15) is 0 Å². The van der Waals surface area contributed by atoms with Crippen molar-refractivity contribution >= 4 is 40.0 Å². The summed E-state index contributed by atoms with van der Waals surface area (Å²) >= 11 is 0. The Kier molecular flexibility index (Phi) is 9.24. The van der Waals surface area contributed by atoms with Gasteiger partial charge in [-0.15, -0.1) is 0 Å². The Morgan fingerprint density at radius 3 is 2.55 bits per heavy atom. The van der Waals surface area contributed by atoms with Gasteiger partial charge < -0.3 is 20.1 Å². The lowest BCUT2D eigenvalue weighted by Crippen LogP contribution is -2.39. The average molecular weight is 601 g/mol. The molecule has 0 spiro atoms. The highest BCUT2D eigenvalue weighted by Crippen LogP contribution is 2.47. The first-order valence-electron chi connectivity index (χ1n) is 14.7. The number of non-ortho nitro benzene ring substituents is 1. The highest BCUT2D eigenvalue weighted by atomic mass is 16.6. The number of rotatable bonds is 11. The van der Waals surface area contributed by atoms with Crippen LogP contribution in [-0.4, -0.2) is 58.5 Å². The summed E-state index contributed by atoms with van der Waals surface area (Å²) in [4.78, 5) is 39.0. The quantitative estimate of drug-likeness (QED) is 0.118. The Hall–Kier alpha value is -4.38. The molecule has 3 N–H and O–H groups in total. The van der Waals surface area contributed by atoms with Gasteiger partial charge in [0.15, 0.2) is 0 Å². The van der Waals surface area contributed by atoms with Gasteiger partial charge >= 0.3 is 0 Å². The molecular weight excluding hydrogens is 564 g/mol. The number of nitro benzene ring substituents is 1. The van der Waals surface area contributed by atoms with Gasteiger partial charge in [-0.25, -0.2) is 4.90 Å². The van der Waals surface area contributed by atoms with Gasteiger partial charge in [-0.05, 0) is 59.9 Å². The van der Waals surface area contributed by atoms with Gasteiger partial charge in [0, 0.05) is 30.5 Å². The van der Waals surface area contributed by atoms with Crippen LogP contribution in [0.2, 0.25) is 0 Å². The summed E-state index contributed by atoms with van der Waals surface area (Å²) in [7, 11) is 1.51. The molecule has 44 heavy (non-hydrogen) atoms. The molecule has 0 unspecified atom stereocenters. The number of imide groups is 1. The molecule has 5 rings (SSSR count). The van der Waals surface area contributed by atoms with Crippen molar-refractivity contribution < 1.29 is 34.6 Å². The number of nitro groups is 1. The Labute approximate surface area is 255 Å². The van der Waals surface area contributed by atoms with E-state index in [4.69, 9.17) is 4.74 Å². The molecule has 1 heterocycles. The summed E-state index contributed by atoms with van der Waals surface area (Å²) in [6.45, 7) is 1.70. The maximum atomic E-state index is 13.7. The summed E-state index contributed by atoms with van der Waals surface area (Å²) in [5.74, 6) is -3.34. The maximum absolute atomic E-state index is 13.7. The zero-order valence-corrected chi connectivity index (χ0v) is 24.7. The number of hydrogen-bond acceptors (Lipinski definition) is 8. The fourth-order valence-electron chi connectivity index (χ4n) is 6.75. The summed E-state index contributed by atoms with van der Waals surface area (Å²) in [5, 5.41) is 45.4. The number of aromatic hydroxyl groups is 1. The van der Waals surface area contributed by atoms with E-state index in [1.165, 1.54) is 31.4 Å². The molecule has 1 aliphatic heterocycles. The topological polar surface area (TPSA) is 150 Å². The van der Waals surface area contributed by atoms with Gasteiger partial charge in [-0.3, -0.25) is 19.7 Å². The van der Waals surface area contributed by atoms with Crippen molar-refractivity contribution in [2.24, 2.45) is 17.8 Å². The normalized spacial score (nSPS) is 21.2. The van der Waals surface area contributed by atoms with Crippen molar-refractivity contribution in [3.63, 3.8) is 0 Å². The number of phenols is 1. The van der Waals surface area contributed by atoms with Crippen LogP contribution in [-0.2, 0) is 14.3 Å². The van der Waals surface area contributed by atoms with Crippen molar-refractivity contribution in [2.45, 2.75) is 38.7 Å². The molecule has 2 aliphatic rings. The second-order valence-electron chi connectivity index (χ2n) is 11.3. The SMILES string of the molecule is CC/C(=C\c1ccc(O)c2ccccc12)CC[C@@H](O)C1=C(COC)C[C@H]2C(=O)N(c3cccc([N+](=O)[O-])c3)C(=O)[C@H]2[C@H]1CO. The number of carbonyl (C=O) groups excluding carboxylic acids is 2. The fourth-order valence-corrected chi connectivity index (χ4v) is 6.75. The zero-order valence-electron chi connectivity index (χ0n) is 24.7. The second-order valence-corrected chi connectivity index (χ2v) is 11.3. The lowest BCUT2D eigenvalue weighted by molar-refractivity contribution is -0.384. The Morgan fingerprint density at radius 2 is 1.86 bits per heavy atom. The Balaban J connectivity index is 1.42. The molecule has 10 heteroatoms. The summed E-state index contributed by atoms with van der Waals surface area (Å²) in [6, 6.07) is 16.5. The maximum Gasteiger partial charge on any atom is 0.271 e. The number of phenolic OH excluding ortho intramolecular Hbond substituents is 1. The van der Waals surface area contributed by atoms with Crippen LogP contribution in [0.25, 0.3) is 16.8 Å². The number of methoxy groups -OCH3 is 1. The minimum absolute atomic E-state index is 0.107. The lowest BCUT2D eigenvalue weighted by Gasteiger charge is -2.36. The molecule has 4 atom stereocenters. The van der Waals surface area contributed by atoms with Crippen molar-refractivity contribution in [1.29, 1.82) is 0 Å². The number of aliphatic hydroxyl groups excluding tert-OH is 2. The first-order chi connectivity index (χ1) is 21.2. The van der Waals surface area contributed by atoms with Gasteiger partial charge in [0.1, 0.15) is 5.75 Å². The molecule has 230 valence electrons. The van der Waals surface area contributed by atoms with Gasteiger partial charge in [0.2, 0.25) is 11.8 Å². The summed E-state index contributed by atoms with van der Waals surface area (Å²) in [5.41, 5.74) is 3.08. The molecule has 0 aromatic heterocycles. The second kappa shape index (κ2) is 13.1. The van der Waals surface area contributed by atoms with Crippen molar-refractivity contribution in [3.8, 4) is 5.75 Å². The third-order valence-electron chi connectivity index (χ3n) is 8.84. The van der Waals surface area contributed by atoms with Crippen LogP contribution in [0.15, 0.2) is 77.4 Å². The molecular formula is C34H36N2O8. The summed E-state index contributed by atoms with van der Waals surface area (Å²) < 4.78 is 5.43. The Morgan fingerprint density at radius 1 is 1.11 bits per heavy atom. The third kappa shape index (κ3) is 5.76. The molecule has 1 fully saturated rings. The fraction of sp³-hybridized carbons (Fsp3) is 0.353. The van der Waals surface area contributed by atoms with E-state index in [1.54, 1.807) is 6.07 Å². The van der Waals surface area contributed by atoms with E-state index in [1.807, 2.05) is 37.3 Å². The highest BCUT2D eigenvalue weighted by Gasteiger charge is 2.55. The van der Waals surface area contributed by atoms with Gasteiger partial charge in [0.25, 0.3) is 5.69 Å². The largest absolute Gasteiger partial charge is 0.507 e. The van der Waals surface area contributed by atoms with Gasteiger partial charge in [0.05, 0.1) is 41.8 Å². The van der Waals surface area contributed by atoms with Crippen LogP contribution in [0, 0.1) is 27.9 Å². The van der Waals surface area contributed by atoms with Crippen LogP contribution in [0.5, 0.6) is 5.75 Å². The number of amides is 2. The van der Waals surface area contributed by atoms with E-state index in [9.17, 15) is 35.0 Å². The van der Waals surface area contributed by atoms with E-state index >= 15 is 0 Å². The van der Waals surface area contributed by atoms with Crippen molar-refractivity contribution in [2.75, 3.05) is 25.2 Å². The number of allylic oxidation sites excluding steroid dienone is 1. The molecule has 2 amide bonds. The first-order valence-corrected chi connectivity index (χ1v) is 14.7. The Bertz CT molecular complexity index is 1660. The van der Waals surface area contributed by atoms with Crippen LogP contribution in [0.1, 0.15) is 38.2 Å². The first kappa shape index (κ1) is 31.1. The van der Waals surface area contributed by atoms with Crippen LogP contribution in [0.4, 0.5) is 11.4 Å². The molecule has 0 radical (unpaired) electrons. The third-order valence-corrected chi connectivity index (χ3v) is 8.84. The van der Waals surface area contributed by atoms with Crippen LogP contribution in [0.3, 0.4) is 0 Å². The number of carbonyl (C=O) groups is 2. The average Bonchev–Trinajstić information content (AvgIpc) is 3.28. The lowest BCUT2D eigenvalue weighted by atomic mass is 9.68. The number of nitrogens with zero attached hydrogens (tertiary/aromatic N) is 2. The predicted molar refractivity (Wildman–Crippen MR) is 166 cm³/mol. The monoisotopic (exact) mass is 600 g/mol. The van der Waals surface area contributed by atoms with E-state index in [2.05, 4.69) is 6.08 Å². The van der Waals surface area contributed by atoms with Crippen molar-refractivity contribution in [1.82, 2.24) is 0 Å². The highest BCUT2D eigenvalue weighted by molar-refractivity contribution is 6.22. The number of hydrogen-bond donors (Lipinski definition) is 3. The molecule has 1 saturated heterocycles. The van der Waals surface area contributed by atoms with Crippen LogP contribution >= 0.6 is 0 Å². The smallest absolute Gasteiger partial charge is 0.271 e. The standard InChI is InChI=1S/C34H36N2O8/c1-3-20(15-21-12-14-29(38)26-10-5-4-9-25(21)26)11-13-30(39)31-22(19-44-2)16-27-32(28(31)18-37)34(41)35(33(27)40)23-7-6-8-24(17-23)36(42)43/h4-10,12,14-15,17,27-28,30,32,37-39H,3,11,13,16,18-19H2,1-2H3/b20-15+/t27-,28+,30-,32-/m1/s1. The number of fused-ring (bicyclic) bond motifs is 2. The van der Waals surface area contributed by atoms with Gasteiger partial charge in [-0.1, -0.05) is 55.0 Å². The number of anilines is 1. The number of aliphatic hydroxyl groups is 2. The predicted octanol–water partition coefficient (Wildman–Crippen LogP) is 5.15. The van der Waals surface area contributed by atoms with Crippen molar-refractivity contribution in [3.05, 3.63) is 93.1 Å². The van der Waals surface area contributed by atoms with E-state index in [-0.39, 0.29) is 30.2 Å². The molecule has 10 nitrogen and oxygen atoms in total. The van der Waals surface area contributed by atoms with E-state index < -0.39 is 47.2 Å². The molecule has 3 aromatic carbocycles. The number of ether oxygens (including phenoxy) is 1. The molecule has 0 bridgehead atoms.